The van der Waals surface area contributed by atoms with Crippen LogP contribution in [0.1, 0.15) is 12.6 Å². The van der Waals surface area contributed by atoms with Gasteiger partial charge in [-0.25, -0.2) is 0 Å². The maximum atomic E-state index is 11.0. The van der Waals surface area contributed by atoms with E-state index in [-0.39, 0.29) is 12.5 Å². The minimum Gasteiger partial charge on any atom is -0.379 e. The molecule has 1 aromatic rings. The molecular weight excluding hydrogens is 250 g/mol. The summed E-state index contributed by atoms with van der Waals surface area (Å²) in [5, 5.41) is 6.49. The number of nitrogens with two attached hydrogens (primary N) is 1. The first-order valence-corrected chi connectivity index (χ1v) is 6.37. The Morgan fingerprint density at radius 3 is 2.89 bits per heavy atom. The third-order valence-corrected chi connectivity index (χ3v) is 3.02. The van der Waals surface area contributed by atoms with Gasteiger partial charge in [0.25, 0.3) is 5.69 Å². The molecular formula is C11H20N5O3+. The van der Waals surface area contributed by atoms with Crippen molar-refractivity contribution < 1.29 is 18.7 Å². The van der Waals surface area contributed by atoms with Crippen LogP contribution >= 0.6 is 0 Å². The molecule has 0 aromatic carbocycles. The van der Waals surface area contributed by atoms with Gasteiger partial charge in [0.15, 0.2) is 6.54 Å². The first-order valence-electron chi connectivity index (χ1n) is 6.37. The highest BCUT2D eigenvalue weighted by molar-refractivity contribution is 5.87. The number of hydrogen-bond acceptors (Lipinski definition) is 6. The molecule has 8 heteroatoms. The van der Waals surface area contributed by atoms with E-state index >= 15 is 0 Å². The molecule has 1 aromatic heterocycles. The zero-order valence-electron chi connectivity index (χ0n) is 11.1. The number of nitrogens with one attached hydrogen (secondary N) is 1. The molecule has 0 spiro atoms. The lowest BCUT2D eigenvalue weighted by Crippen LogP contribution is -2.47. The Balaban J connectivity index is 1.95. The van der Waals surface area contributed by atoms with Gasteiger partial charge in [0, 0.05) is 20.0 Å². The summed E-state index contributed by atoms with van der Waals surface area (Å²) in [6.07, 6.45) is 0. The van der Waals surface area contributed by atoms with E-state index in [1.807, 2.05) is 0 Å². The maximum absolute atomic E-state index is 11.0. The van der Waals surface area contributed by atoms with E-state index in [2.05, 4.69) is 15.5 Å². The van der Waals surface area contributed by atoms with Crippen molar-refractivity contribution in [2.45, 2.75) is 20.0 Å². The summed E-state index contributed by atoms with van der Waals surface area (Å²) in [6.45, 7) is 6.60. The van der Waals surface area contributed by atoms with Crippen molar-refractivity contribution in [2.24, 2.45) is 5.73 Å². The van der Waals surface area contributed by atoms with Crippen LogP contribution in [0.2, 0.25) is 0 Å². The first-order chi connectivity index (χ1) is 9.20. The topological polar surface area (TPSA) is 97.5 Å². The third-order valence-electron chi connectivity index (χ3n) is 3.02. The van der Waals surface area contributed by atoms with E-state index in [1.165, 1.54) is 6.92 Å². The number of carbonyl (C=O) groups excluding carboxylic acids is 1. The van der Waals surface area contributed by atoms with Gasteiger partial charge in [-0.3, -0.25) is 19.5 Å². The van der Waals surface area contributed by atoms with Crippen molar-refractivity contribution in [3.05, 3.63) is 5.69 Å². The van der Waals surface area contributed by atoms with E-state index < -0.39 is 0 Å². The largest absolute Gasteiger partial charge is 0.379 e. The Bertz CT molecular complexity index is 428. The van der Waals surface area contributed by atoms with Gasteiger partial charge in [-0.15, -0.1) is 0 Å². The molecule has 8 nitrogen and oxygen atoms in total. The predicted molar refractivity (Wildman–Crippen MR) is 66.2 cm³/mol. The molecule has 0 saturated carbocycles. The quantitative estimate of drug-likeness (QED) is 0.646. The van der Waals surface area contributed by atoms with Crippen molar-refractivity contribution >= 4 is 11.8 Å². The second-order valence-electron chi connectivity index (χ2n) is 4.41. The summed E-state index contributed by atoms with van der Waals surface area (Å²) >= 11 is 0. The highest BCUT2D eigenvalue weighted by atomic mass is 16.5. The molecule has 1 aliphatic heterocycles. The van der Waals surface area contributed by atoms with Gasteiger partial charge < -0.3 is 10.5 Å². The van der Waals surface area contributed by atoms with E-state index in [0.717, 1.165) is 32.8 Å². The van der Waals surface area contributed by atoms with Crippen LogP contribution in [0.15, 0.2) is 4.52 Å². The van der Waals surface area contributed by atoms with Crippen molar-refractivity contribution in [1.29, 1.82) is 0 Å². The summed E-state index contributed by atoms with van der Waals surface area (Å²) < 4.78 is 12.1. The number of ether oxygens (including phenoxy) is 1. The Hall–Kier alpha value is -1.51. The lowest BCUT2D eigenvalue weighted by molar-refractivity contribution is -0.767. The number of carbonyl (C=O) groups is 1. The lowest BCUT2D eigenvalue weighted by Gasteiger charge is -2.24. The molecule has 0 aliphatic carbocycles. The van der Waals surface area contributed by atoms with E-state index in [9.17, 15) is 4.79 Å². The Morgan fingerprint density at radius 2 is 2.26 bits per heavy atom. The molecule has 2 rings (SSSR count). The summed E-state index contributed by atoms with van der Waals surface area (Å²) in [5.74, 6) is 0.128. The Labute approximate surface area is 111 Å². The van der Waals surface area contributed by atoms with Gasteiger partial charge in [-0.05, 0) is 4.68 Å². The highest BCUT2D eigenvalue weighted by Crippen LogP contribution is 2.09. The van der Waals surface area contributed by atoms with Crippen molar-refractivity contribution in [3.8, 4) is 0 Å². The Morgan fingerprint density at radius 1 is 1.53 bits per heavy atom. The molecule has 2 heterocycles. The third kappa shape index (κ3) is 3.72. The number of morpholine rings is 1. The molecule has 0 bridgehead atoms. The fourth-order valence-corrected chi connectivity index (χ4v) is 2.00. The van der Waals surface area contributed by atoms with E-state index in [1.54, 1.807) is 4.68 Å². The zero-order valence-corrected chi connectivity index (χ0v) is 11.1. The molecule has 0 radical (unpaired) electrons. The average molecular weight is 270 g/mol. The van der Waals surface area contributed by atoms with E-state index in [4.69, 9.17) is 15.0 Å². The standard InChI is InChI=1S/C11H19N5O3/c1-9(17)13-11-10(8-12)16(14-19-11)3-2-15-4-6-18-7-5-15/h2-8,12H2,1H3/p+1. The van der Waals surface area contributed by atoms with Gasteiger partial charge in [-0.2, -0.15) is 0 Å². The Kier molecular flexibility index (Phi) is 4.83. The minimum absolute atomic E-state index is 0.203. The van der Waals surface area contributed by atoms with Crippen LogP contribution in [0.4, 0.5) is 5.88 Å². The van der Waals surface area contributed by atoms with Gasteiger partial charge in [0.05, 0.1) is 26.3 Å². The second-order valence-corrected chi connectivity index (χ2v) is 4.41. The molecule has 3 N–H and O–H groups in total. The zero-order chi connectivity index (χ0) is 13.7. The van der Waals surface area contributed by atoms with Crippen LogP contribution in [0.3, 0.4) is 0 Å². The summed E-state index contributed by atoms with van der Waals surface area (Å²) in [5.41, 5.74) is 6.37. The summed E-state index contributed by atoms with van der Waals surface area (Å²) in [4.78, 5) is 13.3. The normalized spacial score (nSPS) is 16.5. The molecule has 0 atom stereocenters. The van der Waals surface area contributed by atoms with E-state index in [0.29, 0.717) is 18.1 Å². The smallest absolute Gasteiger partial charge is 0.306 e. The molecule has 19 heavy (non-hydrogen) atoms. The number of rotatable bonds is 5. The lowest BCUT2D eigenvalue weighted by atomic mass is 10.4. The fraction of sp³-hybridized carbons (Fsp3) is 0.727. The molecule has 0 unspecified atom stereocenters. The van der Waals surface area contributed by atoms with Crippen LogP contribution in [-0.2, 0) is 22.6 Å². The second kappa shape index (κ2) is 6.60. The predicted octanol–water partition coefficient (Wildman–Crippen LogP) is -1.29. The molecule has 106 valence electrons. The van der Waals surface area contributed by atoms with Crippen LogP contribution in [0.25, 0.3) is 0 Å². The van der Waals surface area contributed by atoms with Crippen molar-refractivity contribution in [2.75, 3.05) is 38.2 Å². The average Bonchev–Trinajstić information content (AvgIpc) is 2.78. The van der Waals surface area contributed by atoms with Crippen LogP contribution < -0.4 is 15.7 Å². The van der Waals surface area contributed by atoms with Gasteiger partial charge in [0.2, 0.25) is 11.2 Å². The summed E-state index contributed by atoms with van der Waals surface area (Å²) in [7, 11) is 0. The summed E-state index contributed by atoms with van der Waals surface area (Å²) in [6, 6.07) is 0. The number of amides is 1. The first kappa shape index (κ1) is 13.9. The van der Waals surface area contributed by atoms with Crippen LogP contribution in [0, 0.1) is 0 Å². The van der Waals surface area contributed by atoms with Gasteiger partial charge >= 0.3 is 5.88 Å². The number of aromatic nitrogens is 2. The molecule has 1 aliphatic rings. The SMILES string of the molecule is CC(=O)Nc1on[n+](CCN2CCOCC2)c1CN. The van der Waals surface area contributed by atoms with Gasteiger partial charge in [-0.1, -0.05) is 0 Å². The molecule has 1 amide bonds. The van der Waals surface area contributed by atoms with Gasteiger partial charge in [0.1, 0.15) is 0 Å². The minimum atomic E-state index is -0.203. The number of hydrogen-bond donors (Lipinski definition) is 2. The van der Waals surface area contributed by atoms with Crippen molar-refractivity contribution in [1.82, 2.24) is 10.2 Å². The van der Waals surface area contributed by atoms with Crippen LogP contribution in [-0.4, -0.2) is 48.9 Å². The molecule has 1 fully saturated rings. The van der Waals surface area contributed by atoms with Crippen LogP contribution in [0.5, 0.6) is 0 Å². The number of anilines is 1. The molecule has 1 saturated heterocycles. The number of nitrogens with zero attached hydrogens (tertiary/aromatic N) is 3. The highest BCUT2D eigenvalue weighted by Gasteiger charge is 2.24. The van der Waals surface area contributed by atoms with Crippen molar-refractivity contribution in [3.63, 3.8) is 0 Å². The monoisotopic (exact) mass is 270 g/mol. The maximum Gasteiger partial charge on any atom is 0.306 e. The fourth-order valence-electron chi connectivity index (χ4n) is 2.00.